The molecule has 3 aromatic carbocycles. The maximum atomic E-state index is 6.57. The standard InChI is InChI=1S/C24H30N4/c1-23(2,15-5-9-17(25)10-6-15)19-13-14-20(22(28)21(19)27)24(3,4)16-7-11-18(26)12-8-16/h5-14H,25-28H2,1-4H3. The first-order chi connectivity index (χ1) is 13.0. The van der Waals surface area contributed by atoms with Crippen molar-refractivity contribution >= 4 is 22.7 Å². The van der Waals surface area contributed by atoms with E-state index >= 15 is 0 Å². The maximum Gasteiger partial charge on any atom is 0.0592 e. The second-order valence-corrected chi connectivity index (χ2v) is 8.48. The van der Waals surface area contributed by atoms with Crippen LogP contribution in [0, 0.1) is 0 Å². The summed E-state index contributed by atoms with van der Waals surface area (Å²) in [4.78, 5) is 0. The van der Waals surface area contributed by atoms with Crippen molar-refractivity contribution < 1.29 is 0 Å². The molecule has 0 radical (unpaired) electrons. The molecule has 0 unspecified atom stereocenters. The molecule has 0 amide bonds. The van der Waals surface area contributed by atoms with Gasteiger partial charge >= 0.3 is 0 Å². The summed E-state index contributed by atoms with van der Waals surface area (Å²) in [6.45, 7) is 8.59. The first kappa shape index (κ1) is 19.6. The van der Waals surface area contributed by atoms with Gasteiger partial charge in [0.1, 0.15) is 0 Å². The third kappa shape index (κ3) is 3.26. The van der Waals surface area contributed by atoms with Crippen molar-refractivity contribution in [3.8, 4) is 0 Å². The van der Waals surface area contributed by atoms with E-state index in [9.17, 15) is 0 Å². The van der Waals surface area contributed by atoms with Gasteiger partial charge in [0.05, 0.1) is 11.4 Å². The van der Waals surface area contributed by atoms with E-state index in [1.54, 1.807) is 0 Å². The number of hydrogen-bond donors (Lipinski definition) is 4. The zero-order valence-corrected chi connectivity index (χ0v) is 17.1. The first-order valence-corrected chi connectivity index (χ1v) is 9.46. The average Bonchev–Trinajstić information content (AvgIpc) is 2.64. The lowest BCUT2D eigenvalue weighted by Crippen LogP contribution is -2.25. The van der Waals surface area contributed by atoms with Crippen LogP contribution in [0.25, 0.3) is 0 Å². The summed E-state index contributed by atoms with van der Waals surface area (Å²) in [5.74, 6) is 0. The van der Waals surface area contributed by atoms with Crippen molar-refractivity contribution in [2.24, 2.45) is 0 Å². The highest BCUT2D eigenvalue weighted by Crippen LogP contribution is 2.43. The molecule has 0 aromatic heterocycles. The third-order valence-corrected chi connectivity index (χ3v) is 5.90. The first-order valence-electron chi connectivity index (χ1n) is 9.46. The monoisotopic (exact) mass is 374 g/mol. The van der Waals surface area contributed by atoms with E-state index in [-0.39, 0.29) is 10.8 Å². The fourth-order valence-electron chi connectivity index (χ4n) is 3.84. The van der Waals surface area contributed by atoms with Crippen LogP contribution in [-0.4, -0.2) is 0 Å². The van der Waals surface area contributed by atoms with Crippen molar-refractivity contribution in [3.63, 3.8) is 0 Å². The molecule has 3 aromatic rings. The maximum absolute atomic E-state index is 6.57. The predicted octanol–water partition coefficient (Wildman–Crippen LogP) is 4.67. The third-order valence-electron chi connectivity index (χ3n) is 5.90. The summed E-state index contributed by atoms with van der Waals surface area (Å²) in [6, 6.07) is 20.0. The van der Waals surface area contributed by atoms with Crippen LogP contribution in [0.1, 0.15) is 49.9 Å². The van der Waals surface area contributed by atoms with Gasteiger partial charge in [-0.1, -0.05) is 64.1 Å². The normalized spacial score (nSPS) is 12.1. The Balaban J connectivity index is 2.08. The number of anilines is 4. The van der Waals surface area contributed by atoms with Crippen molar-refractivity contribution in [1.29, 1.82) is 0 Å². The molecule has 4 nitrogen and oxygen atoms in total. The lowest BCUT2D eigenvalue weighted by molar-refractivity contribution is 0.631. The Morgan fingerprint density at radius 1 is 0.464 bits per heavy atom. The minimum absolute atomic E-state index is 0.296. The molecule has 4 heteroatoms. The van der Waals surface area contributed by atoms with Gasteiger partial charge in [0.15, 0.2) is 0 Å². The van der Waals surface area contributed by atoms with E-state index in [1.807, 2.05) is 48.5 Å². The minimum Gasteiger partial charge on any atom is -0.399 e. The van der Waals surface area contributed by atoms with Crippen molar-refractivity contribution in [3.05, 3.63) is 82.9 Å². The van der Waals surface area contributed by atoms with Crippen LogP contribution in [0.2, 0.25) is 0 Å². The number of nitrogen functional groups attached to an aromatic ring is 4. The molecule has 0 bridgehead atoms. The highest BCUT2D eigenvalue weighted by atomic mass is 14.7. The van der Waals surface area contributed by atoms with Crippen molar-refractivity contribution in [2.45, 2.75) is 38.5 Å². The number of nitrogens with two attached hydrogens (primary N) is 4. The molecule has 0 atom stereocenters. The molecule has 8 N–H and O–H groups in total. The second-order valence-electron chi connectivity index (χ2n) is 8.48. The Bertz CT molecular complexity index is 902. The van der Waals surface area contributed by atoms with E-state index in [1.165, 1.54) is 0 Å². The van der Waals surface area contributed by atoms with Gasteiger partial charge in [0.2, 0.25) is 0 Å². The predicted molar refractivity (Wildman–Crippen MR) is 121 cm³/mol. The summed E-state index contributed by atoms with van der Waals surface area (Å²) in [5.41, 5.74) is 31.3. The molecule has 3 rings (SSSR count). The van der Waals surface area contributed by atoms with Crippen LogP contribution >= 0.6 is 0 Å². The van der Waals surface area contributed by atoms with Crippen LogP contribution < -0.4 is 22.9 Å². The summed E-state index contributed by atoms with van der Waals surface area (Å²) >= 11 is 0. The van der Waals surface area contributed by atoms with Crippen LogP contribution in [0.3, 0.4) is 0 Å². The summed E-state index contributed by atoms with van der Waals surface area (Å²) in [6.07, 6.45) is 0. The number of rotatable bonds is 4. The highest BCUT2D eigenvalue weighted by Gasteiger charge is 2.31. The van der Waals surface area contributed by atoms with Crippen LogP contribution in [-0.2, 0) is 10.8 Å². The second kappa shape index (κ2) is 6.79. The molecule has 0 aliphatic rings. The van der Waals surface area contributed by atoms with Gasteiger partial charge in [-0.05, 0) is 46.5 Å². The fraction of sp³-hybridized carbons (Fsp3) is 0.250. The molecule has 0 fully saturated rings. The summed E-state index contributed by atoms with van der Waals surface area (Å²) in [7, 11) is 0. The molecule has 0 saturated carbocycles. The van der Waals surface area contributed by atoms with E-state index in [0.717, 1.165) is 33.6 Å². The summed E-state index contributed by atoms with van der Waals surface area (Å²) in [5, 5.41) is 0. The zero-order chi connectivity index (χ0) is 20.7. The van der Waals surface area contributed by atoms with Gasteiger partial charge in [0, 0.05) is 22.2 Å². The Hall–Kier alpha value is -3.14. The average molecular weight is 375 g/mol. The molecule has 0 saturated heterocycles. The van der Waals surface area contributed by atoms with Gasteiger partial charge < -0.3 is 22.9 Å². The fourth-order valence-corrected chi connectivity index (χ4v) is 3.84. The Morgan fingerprint density at radius 3 is 1.04 bits per heavy atom. The molecule has 0 aliphatic carbocycles. The lowest BCUT2D eigenvalue weighted by atomic mass is 9.73. The topological polar surface area (TPSA) is 104 Å². The summed E-state index contributed by atoms with van der Waals surface area (Å²) < 4.78 is 0. The van der Waals surface area contributed by atoms with Gasteiger partial charge in [-0.2, -0.15) is 0 Å². The molecule has 0 aliphatic heterocycles. The van der Waals surface area contributed by atoms with Crippen LogP contribution in [0.15, 0.2) is 60.7 Å². The van der Waals surface area contributed by atoms with Crippen LogP contribution in [0.4, 0.5) is 22.7 Å². The van der Waals surface area contributed by atoms with E-state index < -0.39 is 0 Å². The largest absolute Gasteiger partial charge is 0.399 e. The van der Waals surface area contributed by atoms with Crippen LogP contribution in [0.5, 0.6) is 0 Å². The Kier molecular flexibility index (Phi) is 4.76. The SMILES string of the molecule is CC(C)(c1ccc(N)cc1)c1ccc(C(C)(C)c2ccc(N)cc2)c(N)c1N. The minimum atomic E-state index is -0.296. The van der Waals surface area contributed by atoms with Crippen molar-refractivity contribution in [1.82, 2.24) is 0 Å². The molecule has 0 heterocycles. The van der Waals surface area contributed by atoms with E-state index in [4.69, 9.17) is 22.9 Å². The number of benzene rings is 3. The molecule has 28 heavy (non-hydrogen) atoms. The molecular weight excluding hydrogens is 344 g/mol. The van der Waals surface area contributed by atoms with Crippen molar-refractivity contribution in [2.75, 3.05) is 22.9 Å². The molecule has 0 spiro atoms. The van der Waals surface area contributed by atoms with Gasteiger partial charge in [0.25, 0.3) is 0 Å². The lowest BCUT2D eigenvalue weighted by Gasteiger charge is -2.32. The Labute approximate surface area is 167 Å². The quantitative estimate of drug-likeness (QED) is 0.498. The van der Waals surface area contributed by atoms with E-state index in [2.05, 4.69) is 39.8 Å². The molecule has 146 valence electrons. The van der Waals surface area contributed by atoms with Gasteiger partial charge in [-0.25, -0.2) is 0 Å². The van der Waals surface area contributed by atoms with Gasteiger partial charge in [-0.3, -0.25) is 0 Å². The highest BCUT2D eigenvalue weighted by molar-refractivity contribution is 5.75. The Morgan fingerprint density at radius 2 is 0.750 bits per heavy atom. The molecular formula is C24H30N4. The number of hydrogen-bond acceptors (Lipinski definition) is 4. The van der Waals surface area contributed by atoms with Gasteiger partial charge in [-0.15, -0.1) is 0 Å². The van der Waals surface area contributed by atoms with E-state index in [0.29, 0.717) is 11.4 Å². The zero-order valence-electron chi connectivity index (χ0n) is 17.1. The smallest absolute Gasteiger partial charge is 0.0592 e.